The van der Waals surface area contributed by atoms with Gasteiger partial charge in [-0.15, -0.1) is 0 Å². The Hall–Kier alpha value is -0.480. The average molecular weight is 318 g/mol. The van der Waals surface area contributed by atoms with E-state index in [9.17, 15) is 8.78 Å². The van der Waals surface area contributed by atoms with Gasteiger partial charge in [-0.05, 0) is 38.1 Å². The van der Waals surface area contributed by atoms with E-state index in [4.69, 9.17) is 0 Å². The Morgan fingerprint density at radius 1 is 1.28 bits per heavy atom. The molecule has 1 fully saturated rings. The summed E-state index contributed by atoms with van der Waals surface area (Å²) in [7, 11) is 1.98. The van der Waals surface area contributed by atoms with Gasteiger partial charge in [-0.3, -0.25) is 4.90 Å². The highest BCUT2D eigenvalue weighted by Crippen LogP contribution is 2.29. The van der Waals surface area contributed by atoms with E-state index in [2.05, 4.69) is 20.8 Å². The molecular formula is C14H18BrF2N. The van der Waals surface area contributed by atoms with Crippen LogP contribution in [0.3, 0.4) is 0 Å². The molecule has 2 rings (SSSR count). The van der Waals surface area contributed by atoms with Gasteiger partial charge in [0.25, 0.3) is 0 Å². The first kappa shape index (κ1) is 13.9. The summed E-state index contributed by atoms with van der Waals surface area (Å²) >= 11 is 3.69. The predicted molar refractivity (Wildman–Crippen MR) is 72.8 cm³/mol. The molecule has 0 heterocycles. The number of nitrogens with zero attached hydrogens (tertiary/aromatic N) is 1. The lowest BCUT2D eigenvalue weighted by molar-refractivity contribution is 0.191. The van der Waals surface area contributed by atoms with Crippen LogP contribution in [0.4, 0.5) is 8.78 Å². The molecule has 0 spiro atoms. The van der Waals surface area contributed by atoms with Crippen molar-refractivity contribution in [1.82, 2.24) is 4.90 Å². The van der Waals surface area contributed by atoms with Gasteiger partial charge in [0.05, 0.1) is 0 Å². The molecule has 1 aromatic carbocycles. The van der Waals surface area contributed by atoms with E-state index in [0.29, 0.717) is 23.0 Å². The van der Waals surface area contributed by atoms with Gasteiger partial charge in [0.1, 0.15) is 11.6 Å². The number of halogens is 3. The molecule has 1 nitrogen and oxygen atoms in total. The summed E-state index contributed by atoms with van der Waals surface area (Å²) in [5, 5.41) is 0. The van der Waals surface area contributed by atoms with Gasteiger partial charge in [-0.25, -0.2) is 8.78 Å². The van der Waals surface area contributed by atoms with Crippen LogP contribution in [0.2, 0.25) is 0 Å². The molecule has 0 aliphatic heterocycles. The summed E-state index contributed by atoms with van der Waals surface area (Å²) in [6.07, 6.45) is 4.72. The Morgan fingerprint density at radius 3 is 2.72 bits per heavy atom. The zero-order chi connectivity index (χ0) is 13.1. The van der Waals surface area contributed by atoms with E-state index in [1.165, 1.54) is 25.0 Å². The zero-order valence-electron chi connectivity index (χ0n) is 10.5. The van der Waals surface area contributed by atoms with Crippen molar-refractivity contribution in [2.75, 3.05) is 7.05 Å². The smallest absolute Gasteiger partial charge is 0.127 e. The maximum Gasteiger partial charge on any atom is 0.127 e. The molecule has 2 atom stereocenters. The highest BCUT2D eigenvalue weighted by molar-refractivity contribution is 9.09. The number of hydrogen-bond donors (Lipinski definition) is 0. The number of benzene rings is 1. The Bertz CT molecular complexity index is 411. The third-order valence-electron chi connectivity index (χ3n) is 3.64. The summed E-state index contributed by atoms with van der Waals surface area (Å²) in [6, 6.07) is 4.05. The van der Waals surface area contributed by atoms with Crippen molar-refractivity contribution >= 4 is 15.9 Å². The first-order valence-corrected chi connectivity index (χ1v) is 7.27. The topological polar surface area (TPSA) is 3.24 Å². The fourth-order valence-corrected chi connectivity index (χ4v) is 3.60. The van der Waals surface area contributed by atoms with E-state index in [1.807, 2.05) is 7.05 Å². The van der Waals surface area contributed by atoms with E-state index in [-0.39, 0.29) is 11.6 Å². The molecule has 0 amide bonds. The van der Waals surface area contributed by atoms with Gasteiger partial charge >= 0.3 is 0 Å². The molecule has 0 N–H and O–H groups in total. The van der Waals surface area contributed by atoms with Crippen molar-refractivity contribution in [3.05, 3.63) is 35.4 Å². The Morgan fingerprint density at radius 2 is 2.00 bits per heavy atom. The van der Waals surface area contributed by atoms with Crippen LogP contribution in [0, 0.1) is 11.6 Å². The first-order chi connectivity index (χ1) is 8.58. The van der Waals surface area contributed by atoms with Gasteiger partial charge in [-0.1, -0.05) is 28.8 Å². The molecule has 1 aliphatic rings. The molecule has 2 unspecified atom stereocenters. The van der Waals surface area contributed by atoms with Crippen molar-refractivity contribution in [2.45, 2.75) is 43.1 Å². The van der Waals surface area contributed by atoms with Crippen molar-refractivity contribution in [2.24, 2.45) is 0 Å². The fraction of sp³-hybridized carbons (Fsp3) is 0.571. The predicted octanol–water partition coefficient (Wildman–Crippen LogP) is 4.10. The first-order valence-electron chi connectivity index (χ1n) is 6.36. The van der Waals surface area contributed by atoms with Crippen LogP contribution in [-0.4, -0.2) is 22.8 Å². The largest absolute Gasteiger partial charge is 0.298 e. The number of hydrogen-bond acceptors (Lipinski definition) is 1. The highest BCUT2D eigenvalue weighted by Gasteiger charge is 2.26. The van der Waals surface area contributed by atoms with Gasteiger partial charge in [-0.2, -0.15) is 0 Å². The molecule has 0 bridgehead atoms. The third-order valence-corrected chi connectivity index (χ3v) is 4.71. The minimum atomic E-state index is -0.376. The van der Waals surface area contributed by atoms with Crippen molar-refractivity contribution < 1.29 is 8.78 Å². The summed E-state index contributed by atoms with van der Waals surface area (Å²) < 4.78 is 26.7. The molecule has 100 valence electrons. The maximum absolute atomic E-state index is 13.6. The molecule has 0 aromatic heterocycles. The molecule has 1 aliphatic carbocycles. The lowest BCUT2D eigenvalue weighted by Crippen LogP contribution is -2.40. The maximum atomic E-state index is 13.6. The quantitative estimate of drug-likeness (QED) is 0.758. The van der Waals surface area contributed by atoms with Crippen LogP contribution < -0.4 is 0 Å². The third kappa shape index (κ3) is 3.29. The van der Waals surface area contributed by atoms with Crippen molar-refractivity contribution in [1.29, 1.82) is 0 Å². The second-order valence-corrected chi connectivity index (χ2v) is 6.19. The molecule has 1 aromatic rings. The summed E-state index contributed by atoms with van der Waals surface area (Å²) in [5.74, 6) is -0.705. The molecule has 18 heavy (non-hydrogen) atoms. The normalized spacial score (nSPS) is 24.5. The van der Waals surface area contributed by atoms with E-state index >= 15 is 0 Å². The van der Waals surface area contributed by atoms with Crippen LogP contribution >= 0.6 is 15.9 Å². The van der Waals surface area contributed by atoms with E-state index < -0.39 is 0 Å². The van der Waals surface area contributed by atoms with Gasteiger partial charge in [0, 0.05) is 23.0 Å². The molecule has 4 heteroatoms. The fourth-order valence-electron chi connectivity index (χ4n) is 2.61. The summed E-state index contributed by atoms with van der Waals surface area (Å²) in [6.45, 7) is 0.455. The summed E-state index contributed by atoms with van der Waals surface area (Å²) in [4.78, 5) is 2.57. The van der Waals surface area contributed by atoms with Gasteiger partial charge in [0.15, 0.2) is 0 Å². The van der Waals surface area contributed by atoms with Crippen LogP contribution in [-0.2, 0) is 6.54 Å². The van der Waals surface area contributed by atoms with Crippen LogP contribution in [0.25, 0.3) is 0 Å². The highest BCUT2D eigenvalue weighted by atomic mass is 79.9. The van der Waals surface area contributed by atoms with E-state index in [1.54, 1.807) is 0 Å². The lowest BCUT2D eigenvalue weighted by atomic mass is 9.94. The zero-order valence-corrected chi connectivity index (χ0v) is 12.1. The van der Waals surface area contributed by atoms with Crippen molar-refractivity contribution in [3.63, 3.8) is 0 Å². The Balaban J connectivity index is 2.05. The Labute approximate surface area is 115 Å². The van der Waals surface area contributed by atoms with E-state index in [0.717, 1.165) is 18.9 Å². The van der Waals surface area contributed by atoms with Crippen LogP contribution in [0.5, 0.6) is 0 Å². The lowest BCUT2D eigenvalue weighted by Gasteiger charge is -2.35. The second kappa shape index (κ2) is 6.11. The molecule has 1 saturated carbocycles. The van der Waals surface area contributed by atoms with Gasteiger partial charge in [0.2, 0.25) is 0 Å². The van der Waals surface area contributed by atoms with Crippen molar-refractivity contribution in [3.8, 4) is 0 Å². The standard InChI is InChI=1S/C14H18BrF2N/c1-18(14-5-3-2-4-12(14)15)9-10-8-11(16)6-7-13(10)17/h6-8,12,14H,2-5,9H2,1H3. The average Bonchev–Trinajstić information content (AvgIpc) is 2.34. The number of alkyl halides is 1. The minimum Gasteiger partial charge on any atom is -0.298 e. The molecule has 0 saturated heterocycles. The summed E-state index contributed by atoms with van der Waals surface area (Å²) in [5.41, 5.74) is 0.433. The number of rotatable bonds is 3. The molecular weight excluding hydrogens is 300 g/mol. The monoisotopic (exact) mass is 317 g/mol. The minimum absolute atomic E-state index is 0.329. The van der Waals surface area contributed by atoms with Gasteiger partial charge < -0.3 is 0 Å². The van der Waals surface area contributed by atoms with Crippen LogP contribution in [0.15, 0.2) is 18.2 Å². The SMILES string of the molecule is CN(Cc1cc(F)ccc1F)C1CCCCC1Br. The Kier molecular flexibility index (Phi) is 4.73. The second-order valence-electron chi connectivity index (χ2n) is 5.02. The van der Waals surface area contributed by atoms with Crippen LogP contribution in [0.1, 0.15) is 31.2 Å². The molecule has 0 radical (unpaired) electrons.